The van der Waals surface area contributed by atoms with Gasteiger partial charge >= 0.3 is 0 Å². The van der Waals surface area contributed by atoms with Crippen LogP contribution in [-0.4, -0.2) is 34.5 Å². The van der Waals surface area contributed by atoms with Gasteiger partial charge in [0.05, 0.1) is 23.4 Å². The third kappa shape index (κ3) is 3.74. The molecular weight excluding hydrogens is 296 g/mol. The molecular formula is C16H24N4OS. The van der Waals surface area contributed by atoms with Crippen LogP contribution in [0.25, 0.3) is 0 Å². The van der Waals surface area contributed by atoms with Gasteiger partial charge in [0, 0.05) is 18.0 Å². The van der Waals surface area contributed by atoms with Crippen molar-refractivity contribution < 1.29 is 4.42 Å². The number of thiazole rings is 1. The number of aromatic nitrogens is 2. The molecule has 1 fully saturated rings. The zero-order valence-electron chi connectivity index (χ0n) is 13.6. The third-order valence-electron chi connectivity index (χ3n) is 4.32. The van der Waals surface area contributed by atoms with Crippen molar-refractivity contribution in [1.82, 2.24) is 20.2 Å². The summed E-state index contributed by atoms with van der Waals surface area (Å²) in [6, 6.07) is 0. The Morgan fingerprint density at radius 1 is 1.32 bits per heavy atom. The monoisotopic (exact) mass is 320 g/mol. The van der Waals surface area contributed by atoms with Gasteiger partial charge in [-0.25, -0.2) is 9.97 Å². The fraction of sp³-hybridized carbons (Fsp3) is 0.625. The van der Waals surface area contributed by atoms with Gasteiger partial charge in [0.2, 0.25) is 5.89 Å². The van der Waals surface area contributed by atoms with E-state index >= 15 is 0 Å². The van der Waals surface area contributed by atoms with Gasteiger partial charge in [0.25, 0.3) is 0 Å². The molecule has 1 N–H and O–H groups in total. The summed E-state index contributed by atoms with van der Waals surface area (Å²) in [5, 5.41) is 3.45. The maximum atomic E-state index is 5.78. The molecule has 0 bridgehead atoms. The van der Waals surface area contributed by atoms with E-state index in [1.54, 1.807) is 11.3 Å². The number of rotatable bonds is 6. The van der Waals surface area contributed by atoms with E-state index in [-0.39, 0.29) is 0 Å². The van der Waals surface area contributed by atoms with Gasteiger partial charge in [-0.3, -0.25) is 4.90 Å². The molecule has 2 aromatic heterocycles. The van der Waals surface area contributed by atoms with Crippen molar-refractivity contribution in [2.75, 3.05) is 19.6 Å². The second-order valence-electron chi connectivity index (χ2n) is 6.14. The van der Waals surface area contributed by atoms with E-state index < -0.39 is 0 Å². The summed E-state index contributed by atoms with van der Waals surface area (Å²) < 4.78 is 5.78. The summed E-state index contributed by atoms with van der Waals surface area (Å²) >= 11 is 1.74. The van der Waals surface area contributed by atoms with E-state index in [9.17, 15) is 0 Å². The first-order chi connectivity index (χ1) is 10.6. The van der Waals surface area contributed by atoms with Crippen molar-refractivity contribution in [2.24, 2.45) is 5.92 Å². The summed E-state index contributed by atoms with van der Waals surface area (Å²) in [5.41, 5.74) is 4.06. The van der Waals surface area contributed by atoms with Gasteiger partial charge < -0.3 is 9.73 Å². The first-order valence-corrected chi connectivity index (χ1v) is 8.74. The minimum Gasteiger partial charge on any atom is -0.444 e. The van der Waals surface area contributed by atoms with Crippen LogP contribution < -0.4 is 5.32 Å². The SMILES string of the molecule is Cc1nc(CN(Cc2scnc2C)CC2CCNC2)oc1C. The van der Waals surface area contributed by atoms with Gasteiger partial charge in [0.1, 0.15) is 5.76 Å². The van der Waals surface area contributed by atoms with Crippen LogP contribution in [0.15, 0.2) is 9.93 Å². The molecule has 1 aliphatic heterocycles. The predicted molar refractivity (Wildman–Crippen MR) is 87.9 cm³/mol. The van der Waals surface area contributed by atoms with Gasteiger partial charge in [-0.05, 0) is 46.2 Å². The summed E-state index contributed by atoms with van der Waals surface area (Å²) in [4.78, 5) is 12.7. The van der Waals surface area contributed by atoms with E-state index in [0.29, 0.717) is 5.92 Å². The Balaban J connectivity index is 1.71. The number of hydrogen-bond donors (Lipinski definition) is 1. The van der Waals surface area contributed by atoms with E-state index in [0.717, 1.165) is 55.8 Å². The molecule has 1 unspecified atom stereocenters. The van der Waals surface area contributed by atoms with Gasteiger partial charge in [0.15, 0.2) is 0 Å². The third-order valence-corrected chi connectivity index (χ3v) is 5.24. The molecule has 0 aromatic carbocycles. The smallest absolute Gasteiger partial charge is 0.208 e. The fourth-order valence-corrected chi connectivity index (χ4v) is 3.72. The topological polar surface area (TPSA) is 54.2 Å². The second-order valence-corrected chi connectivity index (χ2v) is 7.08. The number of hydrogen-bond acceptors (Lipinski definition) is 6. The molecule has 22 heavy (non-hydrogen) atoms. The van der Waals surface area contributed by atoms with Crippen LogP contribution in [-0.2, 0) is 13.1 Å². The van der Waals surface area contributed by atoms with Crippen LogP contribution in [0, 0.1) is 26.7 Å². The number of oxazole rings is 1. The molecule has 120 valence electrons. The lowest BCUT2D eigenvalue weighted by molar-refractivity contribution is 0.201. The first-order valence-electron chi connectivity index (χ1n) is 7.86. The molecule has 6 heteroatoms. The van der Waals surface area contributed by atoms with E-state index in [1.165, 1.54) is 11.3 Å². The normalized spacial score (nSPS) is 18.5. The molecule has 1 atom stereocenters. The highest BCUT2D eigenvalue weighted by molar-refractivity contribution is 7.09. The zero-order chi connectivity index (χ0) is 15.5. The van der Waals surface area contributed by atoms with Crippen molar-refractivity contribution in [3.8, 4) is 0 Å². The minimum absolute atomic E-state index is 0.713. The Morgan fingerprint density at radius 3 is 2.77 bits per heavy atom. The largest absolute Gasteiger partial charge is 0.444 e. The standard InChI is InChI=1S/C16H24N4OS/c1-11-13(3)21-16(19-11)9-20(7-14-4-5-17-6-14)8-15-12(2)18-10-22-15/h10,14,17H,4-9H2,1-3H3. The molecule has 0 radical (unpaired) electrons. The van der Waals surface area contributed by atoms with E-state index in [1.807, 2.05) is 19.4 Å². The quantitative estimate of drug-likeness (QED) is 0.887. The number of nitrogens with zero attached hydrogens (tertiary/aromatic N) is 3. The fourth-order valence-electron chi connectivity index (χ4n) is 2.90. The maximum absolute atomic E-state index is 5.78. The lowest BCUT2D eigenvalue weighted by Gasteiger charge is -2.23. The maximum Gasteiger partial charge on any atom is 0.208 e. The van der Waals surface area contributed by atoms with Gasteiger partial charge in [-0.15, -0.1) is 11.3 Å². The minimum atomic E-state index is 0.713. The highest BCUT2D eigenvalue weighted by atomic mass is 32.1. The summed E-state index contributed by atoms with van der Waals surface area (Å²) in [5.74, 6) is 2.46. The number of nitrogens with one attached hydrogen (secondary N) is 1. The Labute approximate surface area is 135 Å². The van der Waals surface area contributed by atoms with Crippen LogP contribution >= 0.6 is 11.3 Å². The van der Waals surface area contributed by atoms with Crippen LogP contribution in [0.5, 0.6) is 0 Å². The van der Waals surface area contributed by atoms with Gasteiger partial charge in [-0.2, -0.15) is 0 Å². The van der Waals surface area contributed by atoms with E-state index in [2.05, 4.69) is 27.1 Å². The molecule has 5 nitrogen and oxygen atoms in total. The molecule has 1 saturated heterocycles. The van der Waals surface area contributed by atoms with Crippen LogP contribution in [0.4, 0.5) is 0 Å². The average Bonchev–Trinajstić information content (AvgIpc) is 3.17. The van der Waals surface area contributed by atoms with Crippen molar-refractivity contribution in [1.29, 1.82) is 0 Å². The Morgan fingerprint density at radius 2 is 2.18 bits per heavy atom. The van der Waals surface area contributed by atoms with Crippen LogP contribution in [0.3, 0.4) is 0 Å². The molecule has 0 amide bonds. The lowest BCUT2D eigenvalue weighted by Crippen LogP contribution is -2.30. The van der Waals surface area contributed by atoms with Crippen molar-refractivity contribution in [2.45, 2.75) is 40.3 Å². The molecule has 3 rings (SSSR count). The molecule has 2 aromatic rings. The molecule has 0 spiro atoms. The van der Waals surface area contributed by atoms with E-state index in [4.69, 9.17) is 4.42 Å². The van der Waals surface area contributed by atoms with Crippen molar-refractivity contribution in [3.63, 3.8) is 0 Å². The second kappa shape index (κ2) is 6.89. The predicted octanol–water partition coefficient (Wildman–Crippen LogP) is 2.67. The summed E-state index contributed by atoms with van der Waals surface area (Å²) in [7, 11) is 0. The average molecular weight is 320 g/mol. The van der Waals surface area contributed by atoms with Crippen molar-refractivity contribution in [3.05, 3.63) is 33.4 Å². The Bertz CT molecular complexity index is 596. The summed E-state index contributed by atoms with van der Waals surface area (Å²) in [6.45, 7) is 11.1. The zero-order valence-corrected chi connectivity index (χ0v) is 14.4. The lowest BCUT2D eigenvalue weighted by atomic mass is 10.1. The Hall–Kier alpha value is -1.24. The first kappa shape index (κ1) is 15.6. The molecule has 1 aliphatic rings. The molecule has 0 saturated carbocycles. The highest BCUT2D eigenvalue weighted by Gasteiger charge is 2.21. The van der Waals surface area contributed by atoms with Crippen LogP contribution in [0.1, 0.15) is 34.3 Å². The van der Waals surface area contributed by atoms with Gasteiger partial charge in [-0.1, -0.05) is 0 Å². The van der Waals surface area contributed by atoms with Crippen LogP contribution in [0.2, 0.25) is 0 Å². The molecule has 3 heterocycles. The molecule has 0 aliphatic carbocycles. The number of aryl methyl sites for hydroxylation is 3. The summed E-state index contributed by atoms with van der Waals surface area (Å²) in [6.07, 6.45) is 1.25. The van der Waals surface area contributed by atoms with Crippen molar-refractivity contribution >= 4 is 11.3 Å². The Kier molecular flexibility index (Phi) is 4.90. The highest BCUT2D eigenvalue weighted by Crippen LogP contribution is 2.20.